The summed E-state index contributed by atoms with van der Waals surface area (Å²) in [6.45, 7) is 0. The van der Waals surface area contributed by atoms with Crippen molar-refractivity contribution in [1.82, 2.24) is 19.9 Å². The monoisotopic (exact) mass is 192 g/mol. The summed E-state index contributed by atoms with van der Waals surface area (Å²) >= 11 is 0. The first-order valence-corrected chi connectivity index (χ1v) is 4.28. The highest BCUT2D eigenvalue weighted by Crippen LogP contribution is 2.19. The van der Waals surface area contributed by atoms with Crippen LogP contribution in [0.5, 0.6) is 0 Å². The Morgan fingerprint density at radius 2 is 2.14 bits per heavy atom. The van der Waals surface area contributed by atoms with Gasteiger partial charge < -0.3 is 15.2 Å². The number of fused-ring (bicyclic) bond motifs is 1. The molecule has 0 atom stereocenters. The second-order valence-corrected chi connectivity index (χ2v) is 3.13. The zero-order valence-electron chi connectivity index (χ0n) is 8.37. The van der Waals surface area contributed by atoms with Gasteiger partial charge in [0.05, 0.1) is 0 Å². The number of nitrogens with zero attached hydrogens (tertiary/aromatic N) is 4. The highest BCUT2D eigenvalue weighted by atomic mass is 15.2. The molecule has 2 N–H and O–H groups in total. The first kappa shape index (κ1) is 8.74. The molecule has 74 valence electrons. The van der Waals surface area contributed by atoms with Crippen LogP contribution in [0.3, 0.4) is 0 Å². The Kier molecular flexibility index (Phi) is 1.95. The van der Waals surface area contributed by atoms with Crippen LogP contribution in [0.25, 0.3) is 11.2 Å². The van der Waals surface area contributed by atoms with Gasteiger partial charge in [-0.25, -0.2) is 9.97 Å². The molecule has 2 aromatic heterocycles. The SMILES string of the molecule is CNc1nc2ncnc(N(C)C)c2[nH]1. The Morgan fingerprint density at radius 1 is 1.36 bits per heavy atom. The second-order valence-electron chi connectivity index (χ2n) is 3.13. The summed E-state index contributed by atoms with van der Waals surface area (Å²) < 4.78 is 0. The Hall–Kier alpha value is -1.85. The number of nitrogens with one attached hydrogen (secondary N) is 2. The van der Waals surface area contributed by atoms with Crippen molar-refractivity contribution < 1.29 is 0 Å². The quantitative estimate of drug-likeness (QED) is 0.723. The van der Waals surface area contributed by atoms with E-state index in [1.807, 2.05) is 19.0 Å². The topological polar surface area (TPSA) is 69.7 Å². The number of H-pyrrole nitrogens is 1. The minimum atomic E-state index is 0.674. The summed E-state index contributed by atoms with van der Waals surface area (Å²) in [4.78, 5) is 17.5. The molecule has 0 fully saturated rings. The van der Waals surface area contributed by atoms with E-state index in [2.05, 4.69) is 25.3 Å². The lowest BCUT2D eigenvalue weighted by Gasteiger charge is -2.10. The van der Waals surface area contributed by atoms with Gasteiger partial charge >= 0.3 is 0 Å². The molecular weight excluding hydrogens is 180 g/mol. The van der Waals surface area contributed by atoms with E-state index in [1.165, 1.54) is 6.33 Å². The van der Waals surface area contributed by atoms with Gasteiger partial charge in [0.25, 0.3) is 0 Å². The van der Waals surface area contributed by atoms with Crippen molar-refractivity contribution in [3.63, 3.8) is 0 Å². The molecule has 2 aromatic rings. The van der Waals surface area contributed by atoms with Gasteiger partial charge in [-0.1, -0.05) is 0 Å². The number of imidazole rings is 1. The Balaban J connectivity index is 2.66. The van der Waals surface area contributed by atoms with Gasteiger partial charge in [-0.3, -0.25) is 0 Å². The standard InChI is InChI=1S/C8H12N6/c1-9-8-12-5-6(13-8)10-4-11-7(5)14(2)3/h4H,1-3H3,(H2,9,10,11,12,13). The fraction of sp³-hybridized carbons (Fsp3) is 0.375. The van der Waals surface area contributed by atoms with E-state index < -0.39 is 0 Å². The van der Waals surface area contributed by atoms with Gasteiger partial charge in [-0.05, 0) is 0 Å². The van der Waals surface area contributed by atoms with E-state index in [0.29, 0.717) is 11.6 Å². The summed E-state index contributed by atoms with van der Waals surface area (Å²) in [7, 11) is 5.67. The lowest BCUT2D eigenvalue weighted by Crippen LogP contribution is -2.11. The molecule has 0 spiro atoms. The van der Waals surface area contributed by atoms with Crippen LogP contribution in [0.4, 0.5) is 11.8 Å². The van der Waals surface area contributed by atoms with Crippen molar-refractivity contribution in [2.75, 3.05) is 31.4 Å². The van der Waals surface area contributed by atoms with E-state index in [1.54, 1.807) is 7.05 Å². The van der Waals surface area contributed by atoms with E-state index in [4.69, 9.17) is 0 Å². The van der Waals surface area contributed by atoms with Crippen molar-refractivity contribution in [2.45, 2.75) is 0 Å². The summed E-state index contributed by atoms with van der Waals surface area (Å²) in [6.07, 6.45) is 1.51. The van der Waals surface area contributed by atoms with Crippen LogP contribution >= 0.6 is 0 Å². The Labute approximate surface area is 81.4 Å². The molecule has 6 heteroatoms. The van der Waals surface area contributed by atoms with Crippen molar-refractivity contribution in [2.24, 2.45) is 0 Å². The fourth-order valence-electron chi connectivity index (χ4n) is 1.27. The van der Waals surface area contributed by atoms with Crippen molar-refractivity contribution >= 4 is 22.9 Å². The van der Waals surface area contributed by atoms with Gasteiger partial charge in [-0.2, -0.15) is 4.98 Å². The number of aromatic nitrogens is 4. The van der Waals surface area contributed by atoms with E-state index in [0.717, 1.165) is 11.3 Å². The maximum absolute atomic E-state index is 4.23. The van der Waals surface area contributed by atoms with Crippen molar-refractivity contribution in [1.29, 1.82) is 0 Å². The number of anilines is 2. The summed E-state index contributed by atoms with van der Waals surface area (Å²) in [5, 5.41) is 2.93. The third-order valence-corrected chi connectivity index (χ3v) is 1.93. The normalized spacial score (nSPS) is 10.5. The van der Waals surface area contributed by atoms with Crippen LogP contribution in [-0.2, 0) is 0 Å². The molecule has 0 saturated carbocycles. The fourth-order valence-corrected chi connectivity index (χ4v) is 1.27. The minimum absolute atomic E-state index is 0.674. The van der Waals surface area contributed by atoms with Gasteiger partial charge in [0.1, 0.15) is 11.8 Å². The lowest BCUT2D eigenvalue weighted by molar-refractivity contribution is 1.06. The maximum Gasteiger partial charge on any atom is 0.202 e. The molecule has 0 aromatic carbocycles. The molecule has 0 radical (unpaired) electrons. The van der Waals surface area contributed by atoms with E-state index in [9.17, 15) is 0 Å². The van der Waals surface area contributed by atoms with Gasteiger partial charge in [-0.15, -0.1) is 0 Å². The molecule has 0 saturated heterocycles. The molecule has 0 aliphatic carbocycles. The summed E-state index contributed by atoms with van der Waals surface area (Å²) in [5.74, 6) is 1.53. The highest BCUT2D eigenvalue weighted by Gasteiger charge is 2.09. The van der Waals surface area contributed by atoms with Crippen LogP contribution in [-0.4, -0.2) is 41.1 Å². The largest absolute Gasteiger partial charge is 0.361 e. The Morgan fingerprint density at radius 3 is 2.79 bits per heavy atom. The van der Waals surface area contributed by atoms with Gasteiger partial charge in [0.2, 0.25) is 5.95 Å². The zero-order valence-corrected chi connectivity index (χ0v) is 8.37. The van der Waals surface area contributed by atoms with Crippen LogP contribution in [0.1, 0.15) is 0 Å². The molecular formula is C8H12N6. The summed E-state index contributed by atoms with van der Waals surface area (Å²) in [5.41, 5.74) is 1.52. The minimum Gasteiger partial charge on any atom is -0.361 e. The number of hydrogen-bond acceptors (Lipinski definition) is 5. The molecule has 0 bridgehead atoms. The molecule has 14 heavy (non-hydrogen) atoms. The van der Waals surface area contributed by atoms with Crippen LogP contribution < -0.4 is 10.2 Å². The maximum atomic E-state index is 4.23. The third-order valence-electron chi connectivity index (χ3n) is 1.93. The summed E-state index contributed by atoms with van der Waals surface area (Å²) in [6, 6.07) is 0. The van der Waals surface area contributed by atoms with Crippen LogP contribution in [0.2, 0.25) is 0 Å². The molecule has 2 heterocycles. The van der Waals surface area contributed by atoms with Crippen LogP contribution in [0, 0.1) is 0 Å². The number of aromatic amines is 1. The second kappa shape index (κ2) is 3.13. The molecule has 0 unspecified atom stereocenters. The van der Waals surface area contributed by atoms with Crippen LogP contribution in [0.15, 0.2) is 6.33 Å². The number of rotatable bonds is 2. The van der Waals surface area contributed by atoms with Gasteiger partial charge in [0.15, 0.2) is 11.5 Å². The number of hydrogen-bond donors (Lipinski definition) is 2. The van der Waals surface area contributed by atoms with E-state index in [-0.39, 0.29) is 0 Å². The predicted molar refractivity (Wildman–Crippen MR) is 55.6 cm³/mol. The predicted octanol–water partition coefficient (Wildman–Crippen LogP) is 0.461. The molecule has 2 rings (SSSR count). The molecule has 0 amide bonds. The highest BCUT2D eigenvalue weighted by molar-refractivity contribution is 5.84. The Bertz CT molecular complexity index is 446. The zero-order chi connectivity index (χ0) is 10.1. The lowest BCUT2D eigenvalue weighted by atomic mass is 10.5. The average Bonchev–Trinajstić information content (AvgIpc) is 2.59. The first-order valence-electron chi connectivity index (χ1n) is 4.28. The smallest absolute Gasteiger partial charge is 0.202 e. The average molecular weight is 192 g/mol. The van der Waals surface area contributed by atoms with E-state index >= 15 is 0 Å². The first-order chi connectivity index (χ1) is 6.72. The van der Waals surface area contributed by atoms with Crippen molar-refractivity contribution in [3.8, 4) is 0 Å². The van der Waals surface area contributed by atoms with Gasteiger partial charge in [0, 0.05) is 21.1 Å². The molecule has 6 nitrogen and oxygen atoms in total. The van der Waals surface area contributed by atoms with Crippen molar-refractivity contribution in [3.05, 3.63) is 6.33 Å². The third kappa shape index (κ3) is 1.24. The molecule has 0 aliphatic heterocycles. The molecule has 0 aliphatic rings.